The Labute approximate surface area is 118 Å². The van der Waals surface area contributed by atoms with Crippen molar-refractivity contribution < 1.29 is 23.1 Å². The van der Waals surface area contributed by atoms with Crippen LogP contribution in [-0.4, -0.2) is 61.1 Å². The van der Waals surface area contributed by atoms with Crippen LogP contribution < -0.4 is 5.32 Å². The number of urea groups is 1. The van der Waals surface area contributed by atoms with Gasteiger partial charge >= 0.3 is 12.0 Å². The third kappa shape index (κ3) is 3.23. The lowest BCUT2D eigenvalue weighted by Gasteiger charge is -2.24. The molecule has 0 aromatic rings. The highest BCUT2D eigenvalue weighted by Crippen LogP contribution is 2.24. The highest BCUT2D eigenvalue weighted by Gasteiger charge is 2.39. The van der Waals surface area contributed by atoms with Crippen molar-refractivity contribution in [3.8, 4) is 0 Å². The molecule has 0 aliphatic carbocycles. The van der Waals surface area contributed by atoms with Gasteiger partial charge in [-0.25, -0.2) is 18.0 Å². The number of sulfone groups is 1. The molecule has 20 heavy (non-hydrogen) atoms. The molecule has 0 aromatic carbocycles. The number of hydrogen-bond donors (Lipinski definition) is 2. The summed E-state index contributed by atoms with van der Waals surface area (Å²) < 4.78 is 22.7. The summed E-state index contributed by atoms with van der Waals surface area (Å²) in [6.45, 7) is 2.53. The quantitative estimate of drug-likeness (QED) is 0.759. The second-order valence-electron chi connectivity index (χ2n) is 5.70. The van der Waals surface area contributed by atoms with Crippen molar-refractivity contribution in [2.45, 2.75) is 25.8 Å². The summed E-state index contributed by atoms with van der Waals surface area (Å²) in [5.41, 5.74) is 0. The smallest absolute Gasteiger partial charge is 0.326 e. The molecule has 0 saturated carbocycles. The van der Waals surface area contributed by atoms with Crippen LogP contribution >= 0.6 is 0 Å². The van der Waals surface area contributed by atoms with Gasteiger partial charge in [-0.2, -0.15) is 0 Å². The van der Waals surface area contributed by atoms with E-state index in [2.05, 4.69) is 5.32 Å². The number of carboxylic acids is 1. The van der Waals surface area contributed by atoms with E-state index in [1.54, 1.807) is 0 Å². The molecule has 3 unspecified atom stereocenters. The van der Waals surface area contributed by atoms with Crippen molar-refractivity contribution in [2.24, 2.45) is 11.8 Å². The van der Waals surface area contributed by atoms with E-state index in [0.29, 0.717) is 19.4 Å². The van der Waals surface area contributed by atoms with Crippen LogP contribution in [0.3, 0.4) is 0 Å². The van der Waals surface area contributed by atoms with Gasteiger partial charge in [0.25, 0.3) is 0 Å². The molecule has 114 valence electrons. The fourth-order valence-electron chi connectivity index (χ4n) is 2.92. The van der Waals surface area contributed by atoms with E-state index < -0.39 is 27.9 Å². The Morgan fingerprint density at radius 2 is 2.05 bits per heavy atom. The number of hydrogen-bond acceptors (Lipinski definition) is 4. The molecule has 2 aliphatic heterocycles. The van der Waals surface area contributed by atoms with Crippen molar-refractivity contribution in [2.75, 3.05) is 24.6 Å². The third-order valence-corrected chi connectivity index (χ3v) is 5.92. The Morgan fingerprint density at radius 3 is 2.60 bits per heavy atom. The zero-order valence-electron chi connectivity index (χ0n) is 11.4. The zero-order valence-corrected chi connectivity index (χ0v) is 12.2. The van der Waals surface area contributed by atoms with Gasteiger partial charge in [-0.05, 0) is 24.7 Å². The lowest BCUT2D eigenvalue weighted by molar-refractivity contribution is -0.142. The lowest BCUT2D eigenvalue weighted by atomic mass is 10.0. The van der Waals surface area contributed by atoms with E-state index in [1.165, 1.54) is 4.90 Å². The van der Waals surface area contributed by atoms with Gasteiger partial charge in [-0.15, -0.1) is 0 Å². The van der Waals surface area contributed by atoms with Crippen LogP contribution in [0.25, 0.3) is 0 Å². The van der Waals surface area contributed by atoms with Crippen LogP contribution in [0.4, 0.5) is 4.79 Å². The maximum absolute atomic E-state index is 12.0. The zero-order chi connectivity index (χ0) is 14.9. The first-order valence-electron chi connectivity index (χ1n) is 6.78. The van der Waals surface area contributed by atoms with Crippen LogP contribution in [0.1, 0.15) is 19.8 Å². The van der Waals surface area contributed by atoms with E-state index >= 15 is 0 Å². The van der Waals surface area contributed by atoms with E-state index in [4.69, 9.17) is 5.11 Å². The van der Waals surface area contributed by atoms with E-state index in [-0.39, 0.29) is 29.9 Å². The predicted octanol–water partition coefficient (Wildman–Crippen LogP) is -0.0743. The molecule has 0 spiro atoms. The molecule has 0 bridgehead atoms. The van der Waals surface area contributed by atoms with Gasteiger partial charge in [0, 0.05) is 13.1 Å². The summed E-state index contributed by atoms with van der Waals surface area (Å²) in [7, 11) is -2.95. The Balaban J connectivity index is 1.88. The number of nitrogens with zero attached hydrogens (tertiary/aromatic N) is 1. The van der Waals surface area contributed by atoms with Crippen molar-refractivity contribution in [1.82, 2.24) is 10.2 Å². The maximum atomic E-state index is 12.0. The number of carboxylic acid groups (broad SMARTS) is 1. The summed E-state index contributed by atoms with van der Waals surface area (Å²) in [5, 5.41) is 11.8. The molecule has 3 atom stereocenters. The van der Waals surface area contributed by atoms with Crippen LogP contribution in [0.15, 0.2) is 0 Å². The number of carbonyl (C=O) groups excluding carboxylic acids is 1. The Morgan fingerprint density at radius 1 is 1.35 bits per heavy atom. The average molecular weight is 304 g/mol. The normalized spacial score (nSPS) is 32.2. The van der Waals surface area contributed by atoms with E-state index in [1.807, 2.05) is 6.92 Å². The number of rotatable bonds is 3. The minimum absolute atomic E-state index is 0.0627. The molecule has 2 heterocycles. The first-order valence-corrected chi connectivity index (χ1v) is 8.60. The van der Waals surface area contributed by atoms with E-state index in [9.17, 15) is 18.0 Å². The lowest BCUT2D eigenvalue weighted by Crippen LogP contribution is -2.48. The second kappa shape index (κ2) is 5.59. The highest BCUT2D eigenvalue weighted by atomic mass is 32.2. The van der Waals surface area contributed by atoms with Gasteiger partial charge in [0.05, 0.1) is 11.5 Å². The van der Waals surface area contributed by atoms with Crippen molar-refractivity contribution in [3.63, 3.8) is 0 Å². The monoisotopic (exact) mass is 304 g/mol. The Hall–Kier alpha value is -1.31. The SMILES string of the molecule is CC1CCN(C(=O)NCC2CCS(=O)(=O)C2)C1C(=O)O. The van der Waals surface area contributed by atoms with Crippen molar-refractivity contribution >= 4 is 21.8 Å². The van der Waals surface area contributed by atoms with Gasteiger partial charge in [0.2, 0.25) is 0 Å². The summed E-state index contributed by atoms with van der Waals surface area (Å²) in [4.78, 5) is 24.5. The Kier molecular flexibility index (Phi) is 4.22. The third-order valence-electron chi connectivity index (χ3n) is 4.08. The van der Waals surface area contributed by atoms with Crippen molar-refractivity contribution in [3.05, 3.63) is 0 Å². The fourth-order valence-corrected chi connectivity index (χ4v) is 4.78. The number of likely N-dealkylation sites (tertiary alicyclic amines) is 1. The van der Waals surface area contributed by atoms with E-state index in [0.717, 1.165) is 0 Å². The molecular weight excluding hydrogens is 284 g/mol. The molecule has 2 amide bonds. The number of aliphatic carboxylic acids is 1. The van der Waals surface area contributed by atoms with Gasteiger partial charge in [-0.3, -0.25) is 0 Å². The van der Waals surface area contributed by atoms with Crippen molar-refractivity contribution in [1.29, 1.82) is 0 Å². The van der Waals surface area contributed by atoms with Crippen LogP contribution in [-0.2, 0) is 14.6 Å². The number of amides is 2. The predicted molar refractivity (Wildman–Crippen MR) is 72.1 cm³/mol. The summed E-state index contributed by atoms with van der Waals surface area (Å²) in [5.74, 6) is -0.844. The fraction of sp³-hybridized carbons (Fsp3) is 0.833. The molecular formula is C12H20N2O5S. The minimum Gasteiger partial charge on any atom is -0.480 e. The Bertz CT molecular complexity index is 504. The van der Waals surface area contributed by atoms with Gasteiger partial charge < -0.3 is 15.3 Å². The summed E-state index contributed by atoms with van der Waals surface area (Å²) in [6.07, 6.45) is 1.23. The molecule has 8 heteroatoms. The average Bonchev–Trinajstić information content (AvgIpc) is 2.89. The summed E-state index contributed by atoms with van der Waals surface area (Å²) >= 11 is 0. The maximum Gasteiger partial charge on any atom is 0.326 e. The second-order valence-corrected chi connectivity index (χ2v) is 7.93. The topological polar surface area (TPSA) is 104 Å². The molecule has 7 nitrogen and oxygen atoms in total. The first-order chi connectivity index (χ1) is 9.30. The van der Waals surface area contributed by atoms with Gasteiger partial charge in [0.15, 0.2) is 9.84 Å². The molecule has 2 aliphatic rings. The molecule has 0 aromatic heterocycles. The van der Waals surface area contributed by atoms with Crippen LogP contribution in [0, 0.1) is 11.8 Å². The van der Waals surface area contributed by atoms with Crippen LogP contribution in [0.2, 0.25) is 0 Å². The molecule has 2 N–H and O–H groups in total. The van der Waals surface area contributed by atoms with Gasteiger partial charge in [-0.1, -0.05) is 6.92 Å². The number of carbonyl (C=O) groups is 2. The van der Waals surface area contributed by atoms with Gasteiger partial charge in [0.1, 0.15) is 6.04 Å². The molecule has 0 radical (unpaired) electrons. The molecule has 2 fully saturated rings. The standard InChI is InChI=1S/C12H20N2O5S/c1-8-2-4-14(10(8)11(15)16)12(17)13-6-9-3-5-20(18,19)7-9/h8-10H,2-7H2,1H3,(H,13,17)(H,15,16). The molecule has 2 saturated heterocycles. The number of nitrogens with one attached hydrogen (secondary N) is 1. The van der Waals surface area contributed by atoms with Crippen LogP contribution in [0.5, 0.6) is 0 Å². The summed E-state index contributed by atoms with van der Waals surface area (Å²) in [6, 6.07) is -1.20. The molecule has 2 rings (SSSR count). The minimum atomic E-state index is -2.95. The highest BCUT2D eigenvalue weighted by molar-refractivity contribution is 7.91. The first kappa shape index (κ1) is 15.1. The largest absolute Gasteiger partial charge is 0.480 e.